The minimum atomic E-state index is -0.399. The molecular weight excluding hydrogens is 217 g/mol. The van der Waals surface area contributed by atoms with E-state index in [-0.39, 0.29) is 10.7 Å². The normalized spacial score (nSPS) is 10.3. The molecule has 1 rings (SSSR count). The SMILES string of the molecule is COc1ccc(F)c(C=NNC(N)=S)c1. The molecule has 4 nitrogen and oxygen atoms in total. The summed E-state index contributed by atoms with van der Waals surface area (Å²) >= 11 is 4.53. The molecule has 0 spiro atoms. The summed E-state index contributed by atoms with van der Waals surface area (Å²) in [6, 6.07) is 4.33. The average Bonchev–Trinajstić information content (AvgIpc) is 2.20. The molecule has 15 heavy (non-hydrogen) atoms. The van der Waals surface area contributed by atoms with E-state index in [1.807, 2.05) is 0 Å². The highest BCUT2D eigenvalue weighted by Gasteiger charge is 2.00. The Kier molecular flexibility index (Phi) is 3.99. The third-order valence-corrected chi connectivity index (χ3v) is 1.67. The van der Waals surface area contributed by atoms with Gasteiger partial charge in [0.25, 0.3) is 0 Å². The molecular formula is C9H10FN3OS. The van der Waals surface area contributed by atoms with Crippen molar-refractivity contribution in [3.8, 4) is 5.75 Å². The highest BCUT2D eigenvalue weighted by atomic mass is 32.1. The topological polar surface area (TPSA) is 59.6 Å². The van der Waals surface area contributed by atoms with Gasteiger partial charge in [0.15, 0.2) is 5.11 Å². The van der Waals surface area contributed by atoms with E-state index < -0.39 is 5.82 Å². The highest BCUT2D eigenvalue weighted by Crippen LogP contribution is 2.14. The van der Waals surface area contributed by atoms with Crippen molar-refractivity contribution in [2.75, 3.05) is 7.11 Å². The first-order chi connectivity index (χ1) is 7.13. The Morgan fingerprint density at radius 2 is 2.40 bits per heavy atom. The molecule has 3 N–H and O–H groups in total. The molecule has 0 aromatic heterocycles. The molecule has 80 valence electrons. The molecule has 0 saturated heterocycles. The molecule has 0 heterocycles. The van der Waals surface area contributed by atoms with Gasteiger partial charge in [-0.05, 0) is 30.4 Å². The van der Waals surface area contributed by atoms with E-state index in [2.05, 4.69) is 22.7 Å². The van der Waals surface area contributed by atoms with Crippen molar-refractivity contribution in [2.24, 2.45) is 10.8 Å². The van der Waals surface area contributed by atoms with Crippen molar-refractivity contribution in [1.82, 2.24) is 5.43 Å². The van der Waals surface area contributed by atoms with Gasteiger partial charge in [0.1, 0.15) is 11.6 Å². The second kappa shape index (κ2) is 5.26. The predicted octanol–water partition coefficient (Wildman–Crippen LogP) is 1.00. The predicted molar refractivity (Wildman–Crippen MR) is 60.5 cm³/mol. The van der Waals surface area contributed by atoms with Crippen molar-refractivity contribution in [2.45, 2.75) is 0 Å². The van der Waals surface area contributed by atoms with Gasteiger partial charge in [-0.3, -0.25) is 5.43 Å². The number of benzene rings is 1. The zero-order valence-electron chi connectivity index (χ0n) is 8.03. The van der Waals surface area contributed by atoms with E-state index in [0.29, 0.717) is 5.75 Å². The molecule has 0 unspecified atom stereocenters. The molecule has 0 radical (unpaired) electrons. The monoisotopic (exact) mass is 227 g/mol. The number of nitrogens with one attached hydrogen (secondary N) is 1. The van der Waals surface area contributed by atoms with Crippen LogP contribution in [-0.4, -0.2) is 18.4 Å². The molecule has 0 aliphatic rings. The number of thiocarbonyl (C=S) groups is 1. The Labute approximate surface area is 91.9 Å². The van der Waals surface area contributed by atoms with Crippen LogP contribution in [0, 0.1) is 5.82 Å². The Bertz CT molecular complexity index is 395. The van der Waals surface area contributed by atoms with Crippen molar-refractivity contribution in [1.29, 1.82) is 0 Å². The van der Waals surface area contributed by atoms with Gasteiger partial charge >= 0.3 is 0 Å². The van der Waals surface area contributed by atoms with Crippen LogP contribution in [0.4, 0.5) is 4.39 Å². The second-order valence-corrected chi connectivity index (χ2v) is 3.06. The third-order valence-electron chi connectivity index (χ3n) is 1.58. The number of hydrogen-bond donors (Lipinski definition) is 2. The maximum atomic E-state index is 13.2. The molecule has 0 bridgehead atoms. The zero-order chi connectivity index (χ0) is 11.3. The van der Waals surface area contributed by atoms with Gasteiger partial charge in [-0.2, -0.15) is 5.10 Å². The summed E-state index contributed by atoms with van der Waals surface area (Å²) in [5.41, 5.74) is 7.76. The Balaban J connectivity index is 2.83. The lowest BCUT2D eigenvalue weighted by Gasteiger charge is -2.01. The Hall–Kier alpha value is -1.69. The van der Waals surface area contributed by atoms with Gasteiger partial charge in [-0.25, -0.2) is 4.39 Å². The van der Waals surface area contributed by atoms with Crippen molar-refractivity contribution < 1.29 is 9.13 Å². The van der Waals surface area contributed by atoms with Gasteiger partial charge in [0.2, 0.25) is 0 Å². The number of ether oxygens (including phenoxy) is 1. The lowest BCUT2D eigenvalue weighted by atomic mass is 10.2. The van der Waals surface area contributed by atoms with Crippen LogP contribution in [0.1, 0.15) is 5.56 Å². The maximum absolute atomic E-state index is 13.2. The van der Waals surface area contributed by atoms with Crippen LogP contribution in [0.2, 0.25) is 0 Å². The van der Waals surface area contributed by atoms with Gasteiger partial charge in [0, 0.05) is 5.56 Å². The van der Waals surface area contributed by atoms with Crippen molar-refractivity contribution in [3.63, 3.8) is 0 Å². The summed E-state index contributed by atoms with van der Waals surface area (Å²) in [6.07, 6.45) is 1.27. The molecule has 0 fully saturated rings. The molecule has 0 atom stereocenters. The van der Waals surface area contributed by atoms with E-state index in [1.165, 1.54) is 31.5 Å². The summed E-state index contributed by atoms with van der Waals surface area (Å²) in [7, 11) is 1.50. The molecule has 1 aromatic carbocycles. The standard InChI is InChI=1S/C9H10FN3OS/c1-14-7-2-3-8(10)6(4-7)5-12-13-9(11)15/h2-5H,1H3,(H3,11,13,15). The lowest BCUT2D eigenvalue weighted by Crippen LogP contribution is -2.24. The van der Waals surface area contributed by atoms with Crippen LogP contribution in [0.15, 0.2) is 23.3 Å². The van der Waals surface area contributed by atoms with Crippen LogP contribution in [0.5, 0.6) is 5.75 Å². The number of rotatable bonds is 3. The fourth-order valence-electron chi connectivity index (χ4n) is 0.913. The molecule has 1 aromatic rings. The van der Waals surface area contributed by atoms with E-state index >= 15 is 0 Å². The third kappa shape index (κ3) is 3.51. The van der Waals surface area contributed by atoms with Crippen LogP contribution in [-0.2, 0) is 0 Å². The van der Waals surface area contributed by atoms with Gasteiger partial charge in [-0.1, -0.05) is 0 Å². The quantitative estimate of drug-likeness (QED) is 0.459. The number of nitrogens with two attached hydrogens (primary N) is 1. The van der Waals surface area contributed by atoms with Crippen LogP contribution >= 0.6 is 12.2 Å². The molecule has 0 aliphatic heterocycles. The second-order valence-electron chi connectivity index (χ2n) is 2.62. The van der Waals surface area contributed by atoms with Crippen molar-refractivity contribution >= 4 is 23.5 Å². The fraction of sp³-hybridized carbons (Fsp3) is 0.111. The summed E-state index contributed by atoms with van der Waals surface area (Å²) in [5, 5.41) is 3.66. The summed E-state index contributed by atoms with van der Waals surface area (Å²) in [5.74, 6) is 0.150. The Morgan fingerprint density at radius 3 is 3.00 bits per heavy atom. The first-order valence-corrected chi connectivity index (χ1v) is 4.46. The molecule has 0 saturated carbocycles. The van der Waals surface area contributed by atoms with Crippen LogP contribution in [0.25, 0.3) is 0 Å². The van der Waals surface area contributed by atoms with Crippen LogP contribution in [0.3, 0.4) is 0 Å². The summed E-state index contributed by atoms with van der Waals surface area (Å²) in [6.45, 7) is 0. The summed E-state index contributed by atoms with van der Waals surface area (Å²) in [4.78, 5) is 0. The van der Waals surface area contributed by atoms with E-state index in [4.69, 9.17) is 10.5 Å². The maximum Gasteiger partial charge on any atom is 0.184 e. The summed E-state index contributed by atoms with van der Waals surface area (Å²) < 4.78 is 18.1. The van der Waals surface area contributed by atoms with E-state index in [0.717, 1.165) is 0 Å². The first-order valence-electron chi connectivity index (χ1n) is 4.05. The molecule has 0 aliphatic carbocycles. The molecule has 0 amide bonds. The fourth-order valence-corrected chi connectivity index (χ4v) is 0.966. The Morgan fingerprint density at radius 1 is 1.67 bits per heavy atom. The van der Waals surface area contributed by atoms with E-state index in [9.17, 15) is 4.39 Å². The first kappa shape index (κ1) is 11.4. The largest absolute Gasteiger partial charge is 0.497 e. The lowest BCUT2D eigenvalue weighted by molar-refractivity contribution is 0.413. The zero-order valence-corrected chi connectivity index (χ0v) is 8.84. The highest BCUT2D eigenvalue weighted by molar-refractivity contribution is 7.80. The number of halogens is 1. The number of methoxy groups -OCH3 is 1. The number of nitrogens with zero attached hydrogens (tertiary/aromatic N) is 1. The van der Waals surface area contributed by atoms with Gasteiger partial charge in [0.05, 0.1) is 13.3 Å². The number of hydrogen-bond acceptors (Lipinski definition) is 3. The van der Waals surface area contributed by atoms with Crippen LogP contribution < -0.4 is 15.9 Å². The minimum Gasteiger partial charge on any atom is -0.497 e. The van der Waals surface area contributed by atoms with Gasteiger partial charge in [-0.15, -0.1) is 0 Å². The molecule has 6 heteroatoms. The average molecular weight is 227 g/mol. The smallest absolute Gasteiger partial charge is 0.184 e. The van der Waals surface area contributed by atoms with Gasteiger partial charge < -0.3 is 10.5 Å². The minimum absolute atomic E-state index is 0.0227. The van der Waals surface area contributed by atoms with Crippen molar-refractivity contribution in [3.05, 3.63) is 29.6 Å². The number of hydrazone groups is 1. The van der Waals surface area contributed by atoms with E-state index in [1.54, 1.807) is 0 Å².